The van der Waals surface area contributed by atoms with Crippen molar-refractivity contribution in [1.29, 1.82) is 0 Å². The summed E-state index contributed by atoms with van der Waals surface area (Å²) in [5.41, 5.74) is 1.13. The van der Waals surface area contributed by atoms with Crippen LogP contribution < -0.4 is 5.32 Å². The Morgan fingerprint density at radius 3 is 2.76 bits per heavy atom. The molecular weight excluding hydrogens is 218 g/mol. The van der Waals surface area contributed by atoms with E-state index in [4.69, 9.17) is 4.52 Å². The van der Waals surface area contributed by atoms with Gasteiger partial charge in [0, 0.05) is 6.42 Å². The summed E-state index contributed by atoms with van der Waals surface area (Å²) >= 11 is 0. The van der Waals surface area contributed by atoms with Crippen LogP contribution in [0.1, 0.15) is 17.8 Å². The molecule has 0 fully saturated rings. The lowest BCUT2D eigenvalue weighted by Crippen LogP contribution is -2.12. The number of carbonyl (C=O) groups is 1. The van der Waals surface area contributed by atoms with Crippen LogP contribution in [0.2, 0.25) is 0 Å². The number of amides is 1. The minimum Gasteiger partial charge on any atom is -0.315 e. The first-order valence-electron chi connectivity index (χ1n) is 5.38. The van der Waals surface area contributed by atoms with Crippen LogP contribution >= 0.6 is 0 Å². The van der Waals surface area contributed by atoms with Gasteiger partial charge in [-0.1, -0.05) is 35.5 Å². The van der Waals surface area contributed by atoms with Crippen molar-refractivity contribution in [3.63, 3.8) is 0 Å². The van der Waals surface area contributed by atoms with Crippen LogP contribution in [0.15, 0.2) is 34.9 Å². The number of nitrogens with one attached hydrogen (secondary N) is 1. The Labute approximate surface area is 98.8 Å². The molecule has 0 radical (unpaired) electrons. The summed E-state index contributed by atoms with van der Waals surface area (Å²) in [6.45, 7) is 1.70. The van der Waals surface area contributed by atoms with Crippen molar-refractivity contribution in [2.75, 3.05) is 5.32 Å². The Balaban J connectivity index is 1.82. The highest BCUT2D eigenvalue weighted by Crippen LogP contribution is 2.06. The summed E-state index contributed by atoms with van der Waals surface area (Å²) in [6, 6.07) is 9.99. The van der Waals surface area contributed by atoms with Crippen molar-refractivity contribution in [2.24, 2.45) is 0 Å². The highest BCUT2D eigenvalue weighted by Gasteiger charge is 2.07. The number of hydrogen-bond donors (Lipinski definition) is 1. The Kier molecular flexibility index (Phi) is 3.49. The van der Waals surface area contributed by atoms with E-state index in [9.17, 15) is 4.79 Å². The standard InChI is InChI=1S/C12H13N3O2/c1-9-13-12(17-15-9)14-11(16)8-7-10-5-3-2-4-6-10/h2-6H,7-8H2,1H3,(H,13,14,15,16). The summed E-state index contributed by atoms with van der Waals surface area (Å²) in [4.78, 5) is 15.5. The molecule has 2 rings (SSSR count). The molecule has 2 aromatic rings. The molecule has 1 amide bonds. The van der Waals surface area contributed by atoms with E-state index in [-0.39, 0.29) is 11.9 Å². The lowest BCUT2D eigenvalue weighted by atomic mass is 10.1. The molecule has 0 unspecified atom stereocenters. The van der Waals surface area contributed by atoms with Crippen molar-refractivity contribution in [3.05, 3.63) is 41.7 Å². The number of anilines is 1. The average Bonchev–Trinajstić information content (AvgIpc) is 2.73. The molecule has 1 aromatic heterocycles. The highest BCUT2D eigenvalue weighted by atomic mass is 16.5. The van der Waals surface area contributed by atoms with Crippen LogP contribution in [0.5, 0.6) is 0 Å². The maximum absolute atomic E-state index is 11.6. The number of aromatic nitrogens is 2. The van der Waals surface area contributed by atoms with Gasteiger partial charge in [0.25, 0.3) is 0 Å². The van der Waals surface area contributed by atoms with Crippen molar-refractivity contribution < 1.29 is 9.32 Å². The van der Waals surface area contributed by atoms with E-state index in [0.29, 0.717) is 18.7 Å². The Hall–Kier alpha value is -2.17. The van der Waals surface area contributed by atoms with Crippen molar-refractivity contribution in [3.8, 4) is 0 Å². The first kappa shape index (κ1) is 11.3. The zero-order valence-corrected chi connectivity index (χ0v) is 9.51. The van der Waals surface area contributed by atoms with Crippen LogP contribution in [0.25, 0.3) is 0 Å². The molecule has 0 aliphatic heterocycles. The van der Waals surface area contributed by atoms with Crippen LogP contribution in [0, 0.1) is 6.92 Å². The zero-order valence-electron chi connectivity index (χ0n) is 9.51. The second-order valence-corrected chi connectivity index (χ2v) is 3.68. The first-order chi connectivity index (χ1) is 8.24. The predicted octanol–water partition coefficient (Wildman–Crippen LogP) is 1.95. The van der Waals surface area contributed by atoms with E-state index >= 15 is 0 Å². The van der Waals surface area contributed by atoms with Gasteiger partial charge in [-0.3, -0.25) is 10.1 Å². The molecule has 17 heavy (non-hydrogen) atoms. The van der Waals surface area contributed by atoms with E-state index in [1.165, 1.54) is 0 Å². The molecule has 5 nitrogen and oxygen atoms in total. The van der Waals surface area contributed by atoms with Crippen LogP contribution in [-0.2, 0) is 11.2 Å². The maximum atomic E-state index is 11.6. The third-order valence-corrected chi connectivity index (χ3v) is 2.26. The topological polar surface area (TPSA) is 68.0 Å². The van der Waals surface area contributed by atoms with Gasteiger partial charge < -0.3 is 4.52 Å². The van der Waals surface area contributed by atoms with Crippen molar-refractivity contribution in [2.45, 2.75) is 19.8 Å². The third kappa shape index (κ3) is 3.41. The van der Waals surface area contributed by atoms with E-state index in [1.54, 1.807) is 6.92 Å². The normalized spacial score (nSPS) is 10.2. The Morgan fingerprint density at radius 1 is 1.35 bits per heavy atom. The molecular formula is C12H13N3O2. The predicted molar refractivity (Wildman–Crippen MR) is 62.4 cm³/mol. The first-order valence-corrected chi connectivity index (χ1v) is 5.38. The van der Waals surface area contributed by atoms with Gasteiger partial charge in [-0.05, 0) is 18.9 Å². The van der Waals surface area contributed by atoms with Crippen LogP contribution in [-0.4, -0.2) is 16.0 Å². The van der Waals surface area contributed by atoms with Gasteiger partial charge in [0.05, 0.1) is 0 Å². The fraction of sp³-hybridized carbons (Fsp3) is 0.250. The molecule has 0 saturated heterocycles. The smallest absolute Gasteiger partial charge is 0.315 e. The van der Waals surface area contributed by atoms with Gasteiger partial charge in [0.15, 0.2) is 5.82 Å². The average molecular weight is 231 g/mol. The van der Waals surface area contributed by atoms with E-state index in [2.05, 4.69) is 15.5 Å². The largest absolute Gasteiger partial charge is 0.328 e. The van der Waals surface area contributed by atoms with Crippen LogP contribution in [0.4, 0.5) is 6.01 Å². The summed E-state index contributed by atoms with van der Waals surface area (Å²) in [6.07, 6.45) is 1.09. The lowest BCUT2D eigenvalue weighted by molar-refractivity contribution is -0.116. The molecule has 88 valence electrons. The molecule has 0 saturated carbocycles. The molecule has 1 heterocycles. The van der Waals surface area contributed by atoms with E-state index in [0.717, 1.165) is 5.56 Å². The Morgan fingerprint density at radius 2 is 2.12 bits per heavy atom. The number of benzene rings is 1. The fourth-order valence-electron chi connectivity index (χ4n) is 1.43. The summed E-state index contributed by atoms with van der Waals surface area (Å²) in [5.74, 6) is 0.376. The molecule has 0 bridgehead atoms. The second kappa shape index (κ2) is 5.25. The molecule has 5 heteroatoms. The van der Waals surface area contributed by atoms with Crippen molar-refractivity contribution >= 4 is 11.9 Å². The minimum absolute atomic E-state index is 0.127. The van der Waals surface area contributed by atoms with Gasteiger partial charge in [-0.2, -0.15) is 4.98 Å². The Bertz CT molecular complexity index is 493. The third-order valence-electron chi connectivity index (χ3n) is 2.26. The zero-order chi connectivity index (χ0) is 12.1. The van der Waals surface area contributed by atoms with Crippen LogP contribution in [0.3, 0.4) is 0 Å². The van der Waals surface area contributed by atoms with E-state index < -0.39 is 0 Å². The number of carbonyl (C=O) groups excluding carboxylic acids is 1. The van der Waals surface area contributed by atoms with E-state index in [1.807, 2.05) is 30.3 Å². The molecule has 1 N–H and O–H groups in total. The van der Waals surface area contributed by atoms with Gasteiger partial charge >= 0.3 is 6.01 Å². The van der Waals surface area contributed by atoms with Crippen molar-refractivity contribution in [1.82, 2.24) is 10.1 Å². The molecule has 0 spiro atoms. The van der Waals surface area contributed by atoms with Gasteiger partial charge in [0.2, 0.25) is 5.91 Å². The molecule has 1 aromatic carbocycles. The number of nitrogens with zero attached hydrogens (tertiary/aromatic N) is 2. The molecule has 0 aliphatic carbocycles. The highest BCUT2D eigenvalue weighted by molar-refractivity contribution is 5.88. The number of hydrogen-bond acceptors (Lipinski definition) is 4. The summed E-state index contributed by atoms with van der Waals surface area (Å²) in [5, 5.41) is 6.14. The van der Waals surface area contributed by atoms with Gasteiger partial charge in [-0.25, -0.2) is 0 Å². The quantitative estimate of drug-likeness (QED) is 0.873. The lowest BCUT2D eigenvalue weighted by Gasteiger charge is -2.00. The fourth-order valence-corrected chi connectivity index (χ4v) is 1.43. The molecule has 0 atom stereocenters. The molecule has 0 aliphatic rings. The van der Waals surface area contributed by atoms with Gasteiger partial charge in [-0.15, -0.1) is 0 Å². The monoisotopic (exact) mass is 231 g/mol. The number of aryl methyl sites for hydroxylation is 2. The number of rotatable bonds is 4. The second-order valence-electron chi connectivity index (χ2n) is 3.68. The summed E-state index contributed by atoms with van der Waals surface area (Å²) < 4.78 is 4.79. The summed E-state index contributed by atoms with van der Waals surface area (Å²) in [7, 11) is 0. The van der Waals surface area contributed by atoms with Gasteiger partial charge in [0.1, 0.15) is 0 Å². The maximum Gasteiger partial charge on any atom is 0.328 e. The minimum atomic E-state index is -0.127. The SMILES string of the molecule is Cc1noc(NC(=O)CCc2ccccc2)n1.